The van der Waals surface area contributed by atoms with Crippen LogP contribution in [0, 0.1) is 0 Å². The fourth-order valence-electron chi connectivity index (χ4n) is 1.78. The summed E-state index contributed by atoms with van der Waals surface area (Å²) in [7, 11) is 0. The largest absolute Gasteiger partial charge is 0.444 e. The predicted molar refractivity (Wildman–Crippen MR) is 78.8 cm³/mol. The quantitative estimate of drug-likeness (QED) is 0.744. The second kappa shape index (κ2) is 6.14. The summed E-state index contributed by atoms with van der Waals surface area (Å²) in [5.41, 5.74) is 0.762. The van der Waals surface area contributed by atoms with Crippen molar-refractivity contribution in [3.05, 3.63) is 40.8 Å². The van der Waals surface area contributed by atoms with Crippen LogP contribution in [-0.2, 0) is 13.1 Å². The molecule has 3 heterocycles. The Labute approximate surface area is 133 Å². The molecule has 3 aromatic rings. The zero-order valence-corrected chi connectivity index (χ0v) is 13.2. The first-order chi connectivity index (χ1) is 10.7. The van der Waals surface area contributed by atoms with Gasteiger partial charge in [0.05, 0.1) is 18.3 Å². The summed E-state index contributed by atoms with van der Waals surface area (Å²) < 4.78 is 12.5. The molecule has 9 heteroatoms. The number of aryl methyl sites for hydroxylation is 1. The minimum atomic E-state index is -0.357. The van der Waals surface area contributed by atoms with Crippen LogP contribution in [0.1, 0.15) is 23.4 Å². The number of nitrogens with zero attached hydrogens (tertiary/aromatic N) is 4. The zero-order chi connectivity index (χ0) is 15.5. The predicted octanol–water partition coefficient (Wildman–Crippen LogP) is 2.24. The van der Waals surface area contributed by atoms with Crippen molar-refractivity contribution in [3.63, 3.8) is 0 Å². The van der Waals surface area contributed by atoms with Crippen molar-refractivity contribution < 1.29 is 13.7 Å². The third-order valence-corrected chi connectivity index (χ3v) is 3.31. The first-order valence-corrected chi connectivity index (χ1v) is 7.34. The number of amides is 1. The molecule has 0 unspecified atom stereocenters. The molecule has 0 bridgehead atoms. The van der Waals surface area contributed by atoms with Crippen molar-refractivity contribution >= 4 is 21.8 Å². The average Bonchev–Trinajstić information content (AvgIpc) is 3.24. The van der Waals surface area contributed by atoms with Gasteiger partial charge in [-0.3, -0.25) is 9.48 Å². The van der Waals surface area contributed by atoms with Crippen molar-refractivity contribution in [1.82, 2.24) is 25.2 Å². The Morgan fingerprint density at radius 3 is 3.00 bits per heavy atom. The van der Waals surface area contributed by atoms with E-state index in [4.69, 9.17) is 8.94 Å². The summed E-state index contributed by atoms with van der Waals surface area (Å²) in [5, 5.41) is 10.7. The highest BCUT2D eigenvalue weighted by Crippen LogP contribution is 2.15. The molecule has 0 atom stereocenters. The minimum Gasteiger partial charge on any atom is -0.444 e. The Bertz CT molecular complexity index is 791. The Kier molecular flexibility index (Phi) is 4.05. The van der Waals surface area contributed by atoms with E-state index in [2.05, 4.69) is 36.5 Å². The summed E-state index contributed by atoms with van der Waals surface area (Å²) in [4.78, 5) is 16.0. The molecule has 0 aliphatic carbocycles. The van der Waals surface area contributed by atoms with Crippen LogP contribution in [0.15, 0.2) is 38.1 Å². The van der Waals surface area contributed by atoms with Gasteiger partial charge >= 0.3 is 0 Å². The number of aromatic nitrogens is 4. The van der Waals surface area contributed by atoms with Crippen molar-refractivity contribution in [1.29, 1.82) is 0 Å². The van der Waals surface area contributed by atoms with Crippen molar-refractivity contribution in [3.8, 4) is 11.4 Å². The fraction of sp³-hybridized carbons (Fsp3) is 0.231. The SMILES string of the molecule is CCn1cc(-c2noc(CNC(=O)c3ccc(Br)o3)n2)cn1. The normalized spacial score (nSPS) is 10.8. The molecule has 1 amide bonds. The lowest BCUT2D eigenvalue weighted by molar-refractivity contribution is 0.0917. The van der Waals surface area contributed by atoms with Gasteiger partial charge in [0, 0.05) is 12.7 Å². The zero-order valence-electron chi connectivity index (χ0n) is 11.6. The highest BCUT2D eigenvalue weighted by molar-refractivity contribution is 9.10. The summed E-state index contributed by atoms with van der Waals surface area (Å²) in [6.07, 6.45) is 3.49. The van der Waals surface area contributed by atoms with Gasteiger partial charge in [0.2, 0.25) is 11.7 Å². The van der Waals surface area contributed by atoms with Crippen molar-refractivity contribution in [2.24, 2.45) is 0 Å². The summed E-state index contributed by atoms with van der Waals surface area (Å²) in [6, 6.07) is 3.21. The van der Waals surface area contributed by atoms with E-state index in [0.717, 1.165) is 12.1 Å². The maximum absolute atomic E-state index is 11.8. The molecular formula is C13H12BrN5O3. The lowest BCUT2D eigenvalue weighted by Gasteiger charge is -1.97. The molecule has 0 saturated carbocycles. The van der Waals surface area contributed by atoms with Gasteiger partial charge in [0.25, 0.3) is 5.91 Å². The molecule has 114 valence electrons. The van der Waals surface area contributed by atoms with Gasteiger partial charge in [-0.15, -0.1) is 0 Å². The van der Waals surface area contributed by atoms with Gasteiger partial charge in [-0.05, 0) is 35.0 Å². The summed E-state index contributed by atoms with van der Waals surface area (Å²) in [5.74, 6) is 0.586. The Morgan fingerprint density at radius 1 is 1.45 bits per heavy atom. The number of rotatable bonds is 5. The Balaban J connectivity index is 1.63. The minimum absolute atomic E-state index is 0.117. The molecule has 22 heavy (non-hydrogen) atoms. The molecule has 1 N–H and O–H groups in total. The topological polar surface area (TPSA) is 99.0 Å². The van der Waals surface area contributed by atoms with Gasteiger partial charge in [0.1, 0.15) is 0 Å². The second-order valence-electron chi connectivity index (χ2n) is 4.38. The monoisotopic (exact) mass is 365 g/mol. The molecule has 3 rings (SSSR count). The van der Waals surface area contributed by atoms with Crippen molar-refractivity contribution in [2.45, 2.75) is 20.0 Å². The highest BCUT2D eigenvalue weighted by Gasteiger charge is 2.14. The Morgan fingerprint density at radius 2 is 2.32 bits per heavy atom. The second-order valence-corrected chi connectivity index (χ2v) is 5.16. The van der Waals surface area contributed by atoms with E-state index in [-0.39, 0.29) is 18.2 Å². The molecule has 0 aliphatic rings. The molecule has 3 aromatic heterocycles. The van der Waals surface area contributed by atoms with E-state index >= 15 is 0 Å². The summed E-state index contributed by atoms with van der Waals surface area (Å²) in [6.45, 7) is 2.87. The van der Waals surface area contributed by atoms with Gasteiger partial charge in [-0.2, -0.15) is 10.1 Å². The van der Waals surface area contributed by atoms with E-state index in [0.29, 0.717) is 16.4 Å². The molecule has 0 aromatic carbocycles. The average molecular weight is 366 g/mol. The first kappa shape index (κ1) is 14.5. The number of carbonyl (C=O) groups excluding carboxylic acids is 1. The first-order valence-electron chi connectivity index (χ1n) is 6.54. The molecular weight excluding hydrogens is 354 g/mol. The number of carbonyl (C=O) groups is 1. The maximum Gasteiger partial charge on any atom is 0.287 e. The van der Waals surface area contributed by atoms with E-state index in [1.807, 2.05) is 13.1 Å². The lowest BCUT2D eigenvalue weighted by Crippen LogP contribution is -2.22. The van der Waals surface area contributed by atoms with Crippen LogP contribution < -0.4 is 5.32 Å². The number of nitrogens with one attached hydrogen (secondary N) is 1. The number of halogens is 1. The Hall–Kier alpha value is -2.42. The van der Waals surface area contributed by atoms with Gasteiger partial charge in [-0.25, -0.2) is 0 Å². The maximum atomic E-state index is 11.8. The van der Waals surface area contributed by atoms with Crippen LogP contribution >= 0.6 is 15.9 Å². The van der Waals surface area contributed by atoms with Crippen LogP contribution in [-0.4, -0.2) is 25.8 Å². The molecule has 0 spiro atoms. The number of hydrogen-bond acceptors (Lipinski definition) is 6. The standard InChI is InChI=1S/C13H12BrN5O3/c1-2-19-7-8(5-16-19)12-17-11(22-18-12)6-15-13(20)9-3-4-10(14)21-9/h3-5,7H,2,6H2,1H3,(H,15,20). The van der Waals surface area contributed by atoms with Crippen molar-refractivity contribution in [2.75, 3.05) is 0 Å². The molecule has 0 aliphatic heterocycles. The molecule has 0 radical (unpaired) electrons. The van der Waals surface area contributed by atoms with Gasteiger partial charge in [0.15, 0.2) is 10.4 Å². The molecule has 0 saturated heterocycles. The fourth-order valence-corrected chi connectivity index (χ4v) is 2.08. The van der Waals surface area contributed by atoms with Crippen LogP contribution in [0.3, 0.4) is 0 Å². The van der Waals surface area contributed by atoms with Crippen LogP contribution in [0.5, 0.6) is 0 Å². The lowest BCUT2D eigenvalue weighted by atomic mass is 10.3. The van der Waals surface area contributed by atoms with Crippen LogP contribution in [0.4, 0.5) is 0 Å². The number of furan rings is 1. The number of hydrogen-bond donors (Lipinski definition) is 1. The van der Waals surface area contributed by atoms with Crippen LogP contribution in [0.25, 0.3) is 11.4 Å². The smallest absolute Gasteiger partial charge is 0.287 e. The highest BCUT2D eigenvalue weighted by atomic mass is 79.9. The third-order valence-electron chi connectivity index (χ3n) is 2.88. The van der Waals surface area contributed by atoms with Crippen LogP contribution in [0.2, 0.25) is 0 Å². The van der Waals surface area contributed by atoms with E-state index in [9.17, 15) is 4.79 Å². The summed E-state index contributed by atoms with van der Waals surface area (Å²) >= 11 is 3.14. The third kappa shape index (κ3) is 3.08. The van der Waals surface area contributed by atoms with Gasteiger partial charge in [-0.1, -0.05) is 5.16 Å². The molecule has 8 nitrogen and oxygen atoms in total. The van der Waals surface area contributed by atoms with E-state index in [1.165, 1.54) is 0 Å². The van der Waals surface area contributed by atoms with E-state index in [1.54, 1.807) is 23.0 Å². The molecule has 0 fully saturated rings. The van der Waals surface area contributed by atoms with E-state index < -0.39 is 0 Å². The van der Waals surface area contributed by atoms with Gasteiger partial charge < -0.3 is 14.3 Å².